The first-order valence-electron chi connectivity index (χ1n) is 11.3. The first kappa shape index (κ1) is 20.0. The molecule has 8 heteroatoms. The van der Waals surface area contributed by atoms with Gasteiger partial charge in [0.25, 0.3) is 5.56 Å². The lowest BCUT2D eigenvalue weighted by molar-refractivity contribution is 0.0699. The third-order valence-corrected chi connectivity index (χ3v) is 7.33. The molecule has 0 saturated heterocycles. The molecule has 6 rings (SSSR count). The summed E-state index contributed by atoms with van der Waals surface area (Å²) in [5, 5.41) is 18.7. The highest BCUT2D eigenvalue weighted by atomic mass is 16.4. The zero-order valence-corrected chi connectivity index (χ0v) is 18.6. The maximum Gasteiger partial charge on any atom is 0.337 e. The zero-order valence-electron chi connectivity index (χ0n) is 18.6. The third-order valence-electron chi connectivity index (χ3n) is 7.33. The minimum atomic E-state index is -1.02. The zero-order chi connectivity index (χ0) is 22.9. The maximum atomic E-state index is 13.5. The molecule has 8 nitrogen and oxygen atoms in total. The fraction of sp³-hybridized carbons (Fsp3) is 0.360. The van der Waals surface area contributed by atoms with E-state index in [4.69, 9.17) is 0 Å². The normalized spacial score (nSPS) is 22.4. The van der Waals surface area contributed by atoms with E-state index in [1.165, 1.54) is 6.20 Å². The minimum absolute atomic E-state index is 0.162. The number of nitrogens with zero attached hydrogens (tertiary/aromatic N) is 4. The van der Waals surface area contributed by atoms with Gasteiger partial charge in [-0.3, -0.25) is 9.36 Å². The number of aromatic nitrogens is 5. The molecule has 0 atom stereocenters. The predicted molar refractivity (Wildman–Crippen MR) is 123 cm³/mol. The summed E-state index contributed by atoms with van der Waals surface area (Å²) < 4.78 is 3.64. The van der Waals surface area contributed by atoms with Crippen LogP contribution in [0.15, 0.2) is 47.8 Å². The van der Waals surface area contributed by atoms with Crippen molar-refractivity contribution in [3.8, 4) is 5.69 Å². The Kier molecular flexibility index (Phi) is 4.18. The van der Waals surface area contributed by atoms with Crippen molar-refractivity contribution in [2.24, 2.45) is 13.0 Å². The number of fused-ring (bicyclic) bond motifs is 1. The van der Waals surface area contributed by atoms with Crippen LogP contribution in [0.5, 0.6) is 0 Å². The average Bonchev–Trinajstić information content (AvgIpc) is 3.36. The SMILES string of the molecule is CC1CC(c2cccc(-n3cc(C4CC4)c4c(C(=O)O)c[nH]c4c3=O)c2)(c2nncn2C)C1. The summed E-state index contributed by atoms with van der Waals surface area (Å²) in [6.07, 6.45) is 8.97. The highest BCUT2D eigenvalue weighted by Crippen LogP contribution is 2.51. The number of carbonyl (C=O) groups is 1. The van der Waals surface area contributed by atoms with Crippen molar-refractivity contribution in [3.05, 3.63) is 75.9 Å². The molecule has 0 bridgehead atoms. The largest absolute Gasteiger partial charge is 0.478 e. The van der Waals surface area contributed by atoms with Gasteiger partial charge in [0.05, 0.1) is 11.0 Å². The Morgan fingerprint density at radius 2 is 2.06 bits per heavy atom. The van der Waals surface area contributed by atoms with Gasteiger partial charge in [0.2, 0.25) is 0 Å². The summed E-state index contributed by atoms with van der Waals surface area (Å²) >= 11 is 0. The molecule has 0 amide bonds. The van der Waals surface area contributed by atoms with Crippen molar-refractivity contribution in [1.29, 1.82) is 0 Å². The topological polar surface area (TPSA) is 106 Å². The first-order valence-corrected chi connectivity index (χ1v) is 11.3. The summed E-state index contributed by atoms with van der Waals surface area (Å²) in [5.74, 6) is 0.787. The predicted octanol–water partition coefficient (Wildman–Crippen LogP) is 3.74. The average molecular weight is 444 g/mol. The highest BCUT2D eigenvalue weighted by Gasteiger charge is 2.48. The lowest BCUT2D eigenvalue weighted by Crippen LogP contribution is -2.43. The van der Waals surface area contributed by atoms with Gasteiger partial charge in [0.1, 0.15) is 17.7 Å². The molecule has 0 aliphatic heterocycles. The number of aromatic amines is 1. The van der Waals surface area contributed by atoms with Crippen LogP contribution in [0.3, 0.4) is 0 Å². The van der Waals surface area contributed by atoms with E-state index in [1.54, 1.807) is 10.9 Å². The molecular weight excluding hydrogens is 418 g/mol. The standard InChI is InChI=1S/C25H25N5O3/c1-14-9-25(10-14,24-28-27-13-29(24)2)16-4-3-5-17(8-16)30-12-19(15-6-7-15)20-18(23(32)33)11-26-21(20)22(30)31/h3-5,8,11-15,26H,6-7,9-10H2,1-2H3,(H,32,33). The number of pyridine rings is 1. The van der Waals surface area contributed by atoms with Gasteiger partial charge in [-0.05, 0) is 60.8 Å². The molecule has 3 heterocycles. The van der Waals surface area contributed by atoms with Crippen molar-refractivity contribution < 1.29 is 9.90 Å². The Balaban J connectivity index is 1.53. The van der Waals surface area contributed by atoms with E-state index in [0.29, 0.717) is 16.8 Å². The highest BCUT2D eigenvalue weighted by molar-refractivity contribution is 6.04. The van der Waals surface area contributed by atoms with Crippen LogP contribution < -0.4 is 5.56 Å². The van der Waals surface area contributed by atoms with Crippen LogP contribution in [0.25, 0.3) is 16.6 Å². The van der Waals surface area contributed by atoms with Crippen LogP contribution in [0, 0.1) is 5.92 Å². The molecule has 4 aromatic rings. The molecule has 1 aromatic carbocycles. The number of rotatable bonds is 5. The monoisotopic (exact) mass is 443 g/mol. The molecule has 2 saturated carbocycles. The summed E-state index contributed by atoms with van der Waals surface area (Å²) in [6.45, 7) is 2.24. The number of aryl methyl sites for hydroxylation is 1. The lowest BCUT2D eigenvalue weighted by Gasteiger charge is -2.46. The Hall–Kier alpha value is -3.68. The maximum absolute atomic E-state index is 13.5. The molecule has 33 heavy (non-hydrogen) atoms. The molecule has 2 aliphatic carbocycles. The Labute approximate surface area is 189 Å². The van der Waals surface area contributed by atoms with Crippen molar-refractivity contribution >= 4 is 16.9 Å². The molecule has 0 radical (unpaired) electrons. The van der Waals surface area contributed by atoms with Crippen molar-refractivity contribution in [2.75, 3.05) is 0 Å². The van der Waals surface area contributed by atoms with Crippen LogP contribution in [-0.4, -0.2) is 35.4 Å². The smallest absolute Gasteiger partial charge is 0.337 e. The summed E-state index contributed by atoms with van der Waals surface area (Å²) in [4.78, 5) is 28.1. The minimum Gasteiger partial charge on any atom is -0.478 e. The Bertz CT molecular complexity index is 1470. The van der Waals surface area contributed by atoms with Gasteiger partial charge in [-0.15, -0.1) is 10.2 Å². The number of benzene rings is 1. The van der Waals surface area contributed by atoms with E-state index in [2.05, 4.69) is 34.2 Å². The van der Waals surface area contributed by atoms with E-state index < -0.39 is 5.97 Å². The van der Waals surface area contributed by atoms with Crippen LogP contribution in [0.4, 0.5) is 0 Å². The Morgan fingerprint density at radius 1 is 1.27 bits per heavy atom. The molecule has 0 unspecified atom stereocenters. The van der Waals surface area contributed by atoms with Crippen molar-refractivity contribution in [3.63, 3.8) is 0 Å². The van der Waals surface area contributed by atoms with Gasteiger partial charge in [0.15, 0.2) is 0 Å². The van der Waals surface area contributed by atoms with Gasteiger partial charge >= 0.3 is 5.97 Å². The number of hydrogen-bond donors (Lipinski definition) is 2. The van der Waals surface area contributed by atoms with Crippen molar-refractivity contribution in [2.45, 2.75) is 43.9 Å². The molecule has 0 spiro atoms. The van der Waals surface area contributed by atoms with E-state index >= 15 is 0 Å². The van der Waals surface area contributed by atoms with Gasteiger partial charge in [-0.25, -0.2) is 4.79 Å². The summed E-state index contributed by atoms with van der Waals surface area (Å²) in [6, 6.07) is 8.09. The second-order valence-electron chi connectivity index (χ2n) is 9.70. The van der Waals surface area contributed by atoms with Gasteiger partial charge in [-0.2, -0.15) is 0 Å². The Morgan fingerprint density at radius 3 is 2.70 bits per heavy atom. The second kappa shape index (κ2) is 6.91. The molecule has 2 N–H and O–H groups in total. The number of carboxylic acid groups (broad SMARTS) is 1. The quantitative estimate of drug-likeness (QED) is 0.489. The number of carboxylic acids is 1. The molecular formula is C25H25N5O3. The first-order chi connectivity index (χ1) is 15.9. The van der Waals surface area contributed by atoms with Crippen LogP contribution >= 0.6 is 0 Å². The van der Waals surface area contributed by atoms with E-state index in [-0.39, 0.29) is 22.5 Å². The second-order valence-corrected chi connectivity index (χ2v) is 9.70. The van der Waals surface area contributed by atoms with E-state index in [1.807, 2.05) is 29.9 Å². The van der Waals surface area contributed by atoms with Crippen molar-refractivity contribution in [1.82, 2.24) is 24.3 Å². The van der Waals surface area contributed by atoms with Crippen LogP contribution in [0.2, 0.25) is 0 Å². The number of aromatic carboxylic acids is 1. The van der Waals surface area contributed by atoms with Crippen LogP contribution in [0.1, 0.15) is 65.8 Å². The van der Waals surface area contributed by atoms with Gasteiger partial charge in [-0.1, -0.05) is 19.1 Å². The van der Waals surface area contributed by atoms with E-state index in [0.717, 1.165) is 48.3 Å². The third kappa shape index (κ3) is 2.90. The summed E-state index contributed by atoms with van der Waals surface area (Å²) in [7, 11) is 1.97. The number of hydrogen-bond acceptors (Lipinski definition) is 4. The molecule has 3 aromatic heterocycles. The fourth-order valence-corrected chi connectivity index (χ4v) is 5.69. The number of H-pyrrole nitrogens is 1. The number of nitrogens with one attached hydrogen (secondary N) is 1. The lowest BCUT2D eigenvalue weighted by atomic mass is 9.58. The van der Waals surface area contributed by atoms with Crippen LogP contribution in [-0.2, 0) is 12.5 Å². The fourth-order valence-electron chi connectivity index (χ4n) is 5.69. The van der Waals surface area contributed by atoms with Gasteiger partial charge < -0.3 is 14.7 Å². The molecule has 2 aliphatic rings. The van der Waals surface area contributed by atoms with Gasteiger partial charge in [0, 0.05) is 30.5 Å². The summed E-state index contributed by atoms with van der Waals surface area (Å²) in [5.41, 5.74) is 2.86. The molecule has 168 valence electrons. The molecule has 2 fully saturated rings. The van der Waals surface area contributed by atoms with E-state index in [9.17, 15) is 14.7 Å².